The predicted octanol–water partition coefficient (Wildman–Crippen LogP) is 3.65. The highest BCUT2D eigenvalue weighted by atomic mass is 16.5. The van der Waals surface area contributed by atoms with Crippen LogP contribution < -0.4 is 15.2 Å². The van der Waals surface area contributed by atoms with Crippen molar-refractivity contribution in [3.05, 3.63) is 48.5 Å². The van der Waals surface area contributed by atoms with Crippen molar-refractivity contribution in [3.63, 3.8) is 0 Å². The number of aromatic nitrogens is 1. The van der Waals surface area contributed by atoms with Gasteiger partial charge in [0.2, 0.25) is 0 Å². The topological polar surface area (TPSA) is 57.4 Å². The minimum atomic E-state index is 0.515. The van der Waals surface area contributed by atoms with E-state index in [9.17, 15) is 0 Å². The molecule has 0 atom stereocenters. The molecular weight excluding hydrogens is 276 g/mol. The summed E-state index contributed by atoms with van der Waals surface area (Å²) in [7, 11) is 0. The van der Waals surface area contributed by atoms with Crippen LogP contribution in [-0.2, 0) is 0 Å². The summed E-state index contributed by atoms with van der Waals surface area (Å²) < 4.78 is 11.4. The molecule has 22 heavy (non-hydrogen) atoms. The number of pyridine rings is 1. The van der Waals surface area contributed by atoms with Gasteiger partial charge < -0.3 is 15.2 Å². The molecule has 0 spiro atoms. The van der Waals surface area contributed by atoms with Crippen LogP contribution >= 0.6 is 0 Å². The van der Waals surface area contributed by atoms with Gasteiger partial charge in [-0.05, 0) is 29.7 Å². The zero-order chi connectivity index (χ0) is 14.9. The van der Waals surface area contributed by atoms with Crippen molar-refractivity contribution < 1.29 is 9.47 Å². The second-order valence-corrected chi connectivity index (χ2v) is 5.33. The fraction of sp³-hybridized carbons (Fsp3) is 0.167. The van der Waals surface area contributed by atoms with Crippen molar-refractivity contribution in [2.45, 2.75) is 6.42 Å². The fourth-order valence-electron chi connectivity index (χ4n) is 2.75. The van der Waals surface area contributed by atoms with Crippen molar-refractivity contribution in [1.29, 1.82) is 0 Å². The second-order valence-electron chi connectivity index (χ2n) is 5.33. The normalized spacial score (nSPS) is 13.8. The SMILES string of the molecule is Nc1cc2ccccc2c(-c2ccc3c(c2)OCCCO3)n1. The molecule has 0 unspecified atom stereocenters. The van der Waals surface area contributed by atoms with Crippen LogP contribution in [0.25, 0.3) is 22.0 Å². The van der Waals surface area contributed by atoms with E-state index in [-0.39, 0.29) is 0 Å². The van der Waals surface area contributed by atoms with Gasteiger partial charge >= 0.3 is 0 Å². The highest BCUT2D eigenvalue weighted by Gasteiger charge is 2.14. The number of rotatable bonds is 1. The predicted molar refractivity (Wildman–Crippen MR) is 87.2 cm³/mol. The van der Waals surface area contributed by atoms with Crippen molar-refractivity contribution in [3.8, 4) is 22.8 Å². The first-order chi connectivity index (χ1) is 10.8. The van der Waals surface area contributed by atoms with E-state index in [1.54, 1.807) is 0 Å². The molecule has 0 aliphatic carbocycles. The molecule has 3 aromatic rings. The number of nitrogen functional groups attached to an aromatic ring is 1. The maximum atomic E-state index is 5.96. The largest absolute Gasteiger partial charge is 0.490 e. The Morgan fingerprint density at radius 1 is 0.909 bits per heavy atom. The molecule has 1 aromatic heterocycles. The van der Waals surface area contributed by atoms with E-state index < -0.39 is 0 Å². The van der Waals surface area contributed by atoms with Gasteiger partial charge in [-0.3, -0.25) is 0 Å². The first-order valence-corrected chi connectivity index (χ1v) is 7.36. The Morgan fingerprint density at radius 2 is 1.73 bits per heavy atom. The summed E-state index contributed by atoms with van der Waals surface area (Å²) in [4.78, 5) is 4.53. The molecular formula is C18H16N2O2. The van der Waals surface area contributed by atoms with Gasteiger partial charge in [-0.25, -0.2) is 4.98 Å². The van der Waals surface area contributed by atoms with Gasteiger partial charge in [0.15, 0.2) is 11.5 Å². The number of nitrogens with two attached hydrogens (primary N) is 1. The zero-order valence-corrected chi connectivity index (χ0v) is 12.1. The van der Waals surface area contributed by atoms with Crippen LogP contribution in [0.15, 0.2) is 48.5 Å². The van der Waals surface area contributed by atoms with Gasteiger partial charge in [0.05, 0.1) is 18.9 Å². The summed E-state index contributed by atoms with van der Waals surface area (Å²) >= 11 is 0. The van der Waals surface area contributed by atoms with E-state index in [1.807, 2.05) is 42.5 Å². The number of hydrogen-bond donors (Lipinski definition) is 1. The van der Waals surface area contributed by atoms with Crippen LogP contribution in [0.5, 0.6) is 11.5 Å². The Balaban J connectivity index is 1.90. The highest BCUT2D eigenvalue weighted by molar-refractivity contribution is 5.96. The third kappa shape index (κ3) is 2.22. The number of benzene rings is 2. The maximum absolute atomic E-state index is 5.96. The third-order valence-corrected chi connectivity index (χ3v) is 3.78. The van der Waals surface area contributed by atoms with Gasteiger partial charge in [0, 0.05) is 17.4 Å². The highest BCUT2D eigenvalue weighted by Crippen LogP contribution is 2.36. The van der Waals surface area contributed by atoms with Crippen LogP contribution in [0, 0.1) is 0 Å². The van der Waals surface area contributed by atoms with E-state index >= 15 is 0 Å². The molecule has 4 nitrogen and oxygen atoms in total. The number of hydrogen-bond acceptors (Lipinski definition) is 4. The van der Waals surface area contributed by atoms with Crippen molar-refractivity contribution in [1.82, 2.24) is 4.98 Å². The Bertz CT molecular complexity index is 846. The molecule has 110 valence electrons. The molecule has 1 aliphatic heterocycles. The molecule has 0 bridgehead atoms. The minimum Gasteiger partial charge on any atom is -0.490 e. The van der Waals surface area contributed by atoms with E-state index in [2.05, 4.69) is 11.1 Å². The van der Waals surface area contributed by atoms with Crippen molar-refractivity contribution in [2.75, 3.05) is 18.9 Å². The summed E-state index contributed by atoms with van der Waals surface area (Å²) in [5, 5.41) is 2.16. The fourth-order valence-corrected chi connectivity index (χ4v) is 2.75. The van der Waals surface area contributed by atoms with Crippen molar-refractivity contribution in [2.24, 2.45) is 0 Å². The number of ether oxygens (including phenoxy) is 2. The second kappa shape index (κ2) is 5.22. The van der Waals surface area contributed by atoms with Crippen LogP contribution in [0.2, 0.25) is 0 Å². The number of nitrogens with zero attached hydrogens (tertiary/aromatic N) is 1. The van der Waals surface area contributed by atoms with Gasteiger partial charge in [-0.15, -0.1) is 0 Å². The quantitative estimate of drug-likeness (QED) is 0.744. The Labute approximate surface area is 128 Å². The molecule has 2 N–H and O–H groups in total. The molecule has 0 fully saturated rings. The summed E-state index contributed by atoms with van der Waals surface area (Å²) in [5.41, 5.74) is 7.80. The van der Waals surface area contributed by atoms with Crippen LogP contribution in [0.4, 0.5) is 5.82 Å². The third-order valence-electron chi connectivity index (χ3n) is 3.78. The maximum Gasteiger partial charge on any atom is 0.161 e. The number of fused-ring (bicyclic) bond motifs is 2. The molecule has 0 saturated carbocycles. The van der Waals surface area contributed by atoms with Gasteiger partial charge in [0.25, 0.3) is 0 Å². The minimum absolute atomic E-state index is 0.515. The molecule has 0 radical (unpaired) electrons. The first kappa shape index (κ1) is 13.0. The van der Waals surface area contributed by atoms with E-state index in [4.69, 9.17) is 15.2 Å². The van der Waals surface area contributed by atoms with Gasteiger partial charge in [-0.2, -0.15) is 0 Å². The van der Waals surface area contributed by atoms with Gasteiger partial charge in [-0.1, -0.05) is 24.3 Å². The average Bonchev–Trinajstić information content (AvgIpc) is 2.78. The molecule has 2 aromatic carbocycles. The molecule has 1 aliphatic rings. The lowest BCUT2D eigenvalue weighted by Gasteiger charge is -2.11. The lowest BCUT2D eigenvalue weighted by Crippen LogP contribution is -1.97. The number of anilines is 1. The first-order valence-electron chi connectivity index (χ1n) is 7.36. The lowest BCUT2D eigenvalue weighted by molar-refractivity contribution is 0.297. The van der Waals surface area contributed by atoms with Crippen LogP contribution in [-0.4, -0.2) is 18.2 Å². The Morgan fingerprint density at radius 3 is 2.64 bits per heavy atom. The standard InChI is InChI=1S/C18H16N2O2/c19-17-11-12-4-1-2-5-14(12)18(20-17)13-6-7-15-16(10-13)22-9-3-8-21-15/h1-2,4-7,10-11H,3,8-9H2,(H2,19,20). The summed E-state index contributed by atoms with van der Waals surface area (Å²) in [5.74, 6) is 2.07. The Kier molecular flexibility index (Phi) is 3.07. The van der Waals surface area contributed by atoms with Gasteiger partial charge in [0.1, 0.15) is 5.82 Å². The van der Waals surface area contributed by atoms with Crippen LogP contribution in [0.3, 0.4) is 0 Å². The van der Waals surface area contributed by atoms with E-state index in [1.165, 1.54) is 0 Å². The van der Waals surface area contributed by atoms with E-state index in [0.717, 1.165) is 39.9 Å². The molecule has 2 heterocycles. The summed E-state index contributed by atoms with van der Waals surface area (Å²) in [6.45, 7) is 1.35. The van der Waals surface area contributed by atoms with Crippen LogP contribution in [0.1, 0.15) is 6.42 Å². The Hall–Kier alpha value is -2.75. The molecule has 0 amide bonds. The summed E-state index contributed by atoms with van der Waals surface area (Å²) in [6, 6.07) is 15.9. The summed E-state index contributed by atoms with van der Waals surface area (Å²) in [6.07, 6.45) is 0.892. The zero-order valence-electron chi connectivity index (χ0n) is 12.1. The average molecular weight is 292 g/mol. The molecule has 4 heteroatoms. The van der Waals surface area contributed by atoms with Crippen molar-refractivity contribution >= 4 is 16.6 Å². The van der Waals surface area contributed by atoms with E-state index in [0.29, 0.717) is 19.0 Å². The smallest absolute Gasteiger partial charge is 0.161 e. The lowest BCUT2D eigenvalue weighted by atomic mass is 10.0. The monoisotopic (exact) mass is 292 g/mol. The molecule has 0 saturated heterocycles. The molecule has 4 rings (SSSR count).